The van der Waals surface area contributed by atoms with E-state index in [1.165, 1.54) is 6.42 Å². The number of hydrogen-bond donors (Lipinski definition) is 2. The minimum atomic E-state index is -0.0739. The zero-order valence-corrected chi connectivity index (χ0v) is 13.7. The molecule has 1 aromatic carbocycles. The molecule has 0 aromatic heterocycles. The molecule has 0 bridgehead atoms. The molecule has 1 aliphatic rings. The Balaban J connectivity index is 0.00000220. The van der Waals surface area contributed by atoms with Gasteiger partial charge in [0.05, 0.1) is 5.92 Å². The molecule has 0 saturated heterocycles. The number of amides is 1. The minimum Gasteiger partial charge on any atom is -0.353 e. The van der Waals surface area contributed by atoms with Gasteiger partial charge in [0.1, 0.15) is 0 Å². The number of benzene rings is 1. The second kappa shape index (κ2) is 8.40. The average Bonchev–Trinajstić information content (AvgIpc) is 2.86. The van der Waals surface area contributed by atoms with Gasteiger partial charge in [-0.25, -0.2) is 0 Å². The highest BCUT2D eigenvalue weighted by Crippen LogP contribution is 2.28. The van der Waals surface area contributed by atoms with Crippen molar-refractivity contribution in [2.45, 2.75) is 45.1 Å². The predicted molar refractivity (Wildman–Crippen MR) is 89.6 cm³/mol. The fourth-order valence-corrected chi connectivity index (χ4v) is 3.28. The van der Waals surface area contributed by atoms with Gasteiger partial charge < -0.3 is 11.1 Å². The van der Waals surface area contributed by atoms with Crippen LogP contribution in [0.25, 0.3) is 0 Å². The summed E-state index contributed by atoms with van der Waals surface area (Å²) in [5.41, 5.74) is 6.89. The Hall–Kier alpha value is -1.06. The fraction of sp³-hybridized carbons (Fsp3) is 0.588. The molecule has 1 fully saturated rings. The van der Waals surface area contributed by atoms with Gasteiger partial charge in [0, 0.05) is 6.04 Å². The first-order chi connectivity index (χ1) is 9.63. The van der Waals surface area contributed by atoms with E-state index in [2.05, 4.69) is 19.2 Å². The molecular weight excluding hydrogens is 284 g/mol. The molecular formula is C17H27ClN2O. The van der Waals surface area contributed by atoms with Gasteiger partial charge in [-0.15, -0.1) is 12.4 Å². The van der Waals surface area contributed by atoms with Gasteiger partial charge in [-0.1, -0.05) is 50.6 Å². The first kappa shape index (κ1) is 18.0. The molecule has 2 rings (SSSR count). The van der Waals surface area contributed by atoms with Gasteiger partial charge in [-0.3, -0.25) is 4.79 Å². The second-order valence-electron chi connectivity index (χ2n) is 6.17. The molecule has 1 aliphatic carbocycles. The molecule has 118 valence electrons. The van der Waals surface area contributed by atoms with Gasteiger partial charge >= 0.3 is 0 Å². The van der Waals surface area contributed by atoms with Crippen LogP contribution in [-0.2, 0) is 4.79 Å². The maximum Gasteiger partial charge on any atom is 0.228 e. The molecule has 0 spiro atoms. The van der Waals surface area contributed by atoms with Crippen LogP contribution in [0.15, 0.2) is 30.3 Å². The maximum atomic E-state index is 12.7. The molecule has 4 heteroatoms. The van der Waals surface area contributed by atoms with Crippen LogP contribution >= 0.6 is 12.4 Å². The Morgan fingerprint density at radius 3 is 2.52 bits per heavy atom. The number of rotatable bonds is 5. The summed E-state index contributed by atoms with van der Waals surface area (Å²) in [6, 6.07) is 10.3. The Morgan fingerprint density at radius 1 is 1.29 bits per heavy atom. The molecule has 0 aliphatic heterocycles. The Morgan fingerprint density at radius 2 is 1.95 bits per heavy atom. The molecule has 1 aromatic rings. The largest absolute Gasteiger partial charge is 0.353 e. The van der Waals surface area contributed by atoms with Crippen molar-refractivity contribution >= 4 is 18.3 Å². The third-order valence-electron chi connectivity index (χ3n) is 4.40. The summed E-state index contributed by atoms with van der Waals surface area (Å²) in [5.74, 6) is 0.810. The summed E-state index contributed by atoms with van der Waals surface area (Å²) in [5, 5.41) is 3.24. The zero-order chi connectivity index (χ0) is 14.5. The Labute approximate surface area is 134 Å². The van der Waals surface area contributed by atoms with Crippen molar-refractivity contribution in [3.63, 3.8) is 0 Å². The van der Waals surface area contributed by atoms with Crippen LogP contribution < -0.4 is 11.1 Å². The Bertz CT molecular complexity index is 436. The molecule has 3 nitrogen and oxygen atoms in total. The van der Waals surface area contributed by atoms with E-state index in [0.29, 0.717) is 12.5 Å². The molecule has 3 unspecified atom stereocenters. The SMILES string of the molecule is CC(C)C(C(=O)NC1CCCC1CN)c1ccccc1.Cl. The normalized spacial score (nSPS) is 22.7. The number of hydrogen-bond acceptors (Lipinski definition) is 2. The molecule has 3 atom stereocenters. The smallest absolute Gasteiger partial charge is 0.228 e. The highest BCUT2D eigenvalue weighted by Gasteiger charge is 2.31. The van der Waals surface area contributed by atoms with Crippen molar-refractivity contribution in [3.05, 3.63) is 35.9 Å². The van der Waals surface area contributed by atoms with Crippen molar-refractivity contribution < 1.29 is 4.79 Å². The third kappa shape index (κ3) is 4.45. The van der Waals surface area contributed by atoms with E-state index in [1.54, 1.807) is 0 Å². The van der Waals surface area contributed by atoms with Gasteiger partial charge in [0.25, 0.3) is 0 Å². The molecule has 1 amide bonds. The predicted octanol–water partition coefficient (Wildman–Crippen LogP) is 3.09. The fourth-order valence-electron chi connectivity index (χ4n) is 3.28. The summed E-state index contributed by atoms with van der Waals surface area (Å²) in [7, 11) is 0. The van der Waals surface area contributed by atoms with Crippen molar-refractivity contribution in [2.24, 2.45) is 17.6 Å². The molecule has 0 heterocycles. The number of carbonyl (C=O) groups is 1. The van der Waals surface area contributed by atoms with Gasteiger partial charge in [-0.2, -0.15) is 0 Å². The number of nitrogens with one attached hydrogen (secondary N) is 1. The van der Waals surface area contributed by atoms with Crippen LogP contribution in [0.4, 0.5) is 0 Å². The highest BCUT2D eigenvalue weighted by molar-refractivity contribution is 5.85. The lowest BCUT2D eigenvalue weighted by Gasteiger charge is -2.25. The monoisotopic (exact) mass is 310 g/mol. The number of nitrogens with two attached hydrogens (primary N) is 1. The van der Waals surface area contributed by atoms with Crippen molar-refractivity contribution in [2.75, 3.05) is 6.54 Å². The molecule has 3 N–H and O–H groups in total. The van der Waals surface area contributed by atoms with E-state index in [-0.39, 0.29) is 36.2 Å². The lowest BCUT2D eigenvalue weighted by Crippen LogP contribution is -2.43. The summed E-state index contributed by atoms with van der Waals surface area (Å²) < 4.78 is 0. The number of carbonyl (C=O) groups excluding carboxylic acids is 1. The second-order valence-corrected chi connectivity index (χ2v) is 6.17. The van der Waals surface area contributed by atoms with Crippen LogP contribution in [0, 0.1) is 11.8 Å². The Kier molecular flexibility index (Phi) is 7.20. The van der Waals surface area contributed by atoms with Crippen molar-refractivity contribution in [1.29, 1.82) is 0 Å². The summed E-state index contributed by atoms with van der Waals surface area (Å²) >= 11 is 0. The maximum absolute atomic E-state index is 12.7. The summed E-state index contributed by atoms with van der Waals surface area (Å²) in [6.07, 6.45) is 3.37. The van der Waals surface area contributed by atoms with Gasteiger partial charge in [-0.05, 0) is 36.8 Å². The zero-order valence-electron chi connectivity index (χ0n) is 12.9. The van der Waals surface area contributed by atoms with E-state index in [9.17, 15) is 4.79 Å². The summed E-state index contributed by atoms with van der Waals surface area (Å²) in [6.45, 7) is 4.88. The third-order valence-corrected chi connectivity index (χ3v) is 4.40. The van der Waals surface area contributed by atoms with E-state index < -0.39 is 0 Å². The first-order valence-electron chi connectivity index (χ1n) is 7.69. The van der Waals surface area contributed by atoms with Crippen LogP contribution in [0.1, 0.15) is 44.6 Å². The topological polar surface area (TPSA) is 55.1 Å². The number of halogens is 1. The molecule has 1 saturated carbocycles. The van der Waals surface area contributed by atoms with E-state index in [1.807, 2.05) is 30.3 Å². The quantitative estimate of drug-likeness (QED) is 0.878. The van der Waals surface area contributed by atoms with Gasteiger partial charge in [0.15, 0.2) is 0 Å². The van der Waals surface area contributed by atoms with E-state index >= 15 is 0 Å². The lowest BCUT2D eigenvalue weighted by atomic mass is 9.87. The van der Waals surface area contributed by atoms with Crippen molar-refractivity contribution in [3.8, 4) is 0 Å². The standard InChI is InChI=1S/C17H26N2O.ClH/c1-12(2)16(13-7-4-3-5-8-13)17(20)19-15-10-6-9-14(15)11-18;/h3-5,7-8,12,14-16H,6,9-11,18H2,1-2H3,(H,19,20);1H. The van der Waals surface area contributed by atoms with E-state index in [4.69, 9.17) is 5.73 Å². The first-order valence-corrected chi connectivity index (χ1v) is 7.69. The van der Waals surface area contributed by atoms with Gasteiger partial charge in [0.2, 0.25) is 5.91 Å². The van der Waals surface area contributed by atoms with Crippen LogP contribution in [0.3, 0.4) is 0 Å². The van der Waals surface area contributed by atoms with Crippen LogP contribution in [0.2, 0.25) is 0 Å². The van der Waals surface area contributed by atoms with Crippen LogP contribution in [0.5, 0.6) is 0 Å². The highest BCUT2D eigenvalue weighted by atomic mass is 35.5. The lowest BCUT2D eigenvalue weighted by molar-refractivity contribution is -0.124. The summed E-state index contributed by atoms with van der Waals surface area (Å²) in [4.78, 5) is 12.7. The molecule has 21 heavy (non-hydrogen) atoms. The average molecular weight is 311 g/mol. The minimum absolute atomic E-state index is 0. The van der Waals surface area contributed by atoms with Crippen molar-refractivity contribution in [1.82, 2.24) is 5.32 Å². The van der Waals surface area contributed by atoms with E-state index in [0.717, 1.165) is 18.4 Å². The van der Waals surface area contributed by atoms with Crippen LogP contribution in [-0.4, -0.2) is 18.5 Å². The molecule has 0 radical (unpaired) electrons.